The highest BCUT2D eigenvalue weighted by Crippen LogP contribution is 2.20. The minimum atomic E-state index is -4.31. The molecular weight excluding hydrogens is 223 g/mol. The fraction of sp³-hybridized carbons (Fsp3) is 0.556. The van der Waals surface area contributed by atoms with Crippen LogP contribution in [0.2, 0.25) is 0 Å². The van der Waals surface area contributed by atoms with Crippen molar-refractivity contribution in [3.05, 3.63) is 17.6 Å². The number of anilines is 1. The summed E-state index contributed by atoms with van der Waals surface area (Å²) >= 11 is 0. The largest absolute Gasteiger partial charge is 0.396 e. The van der Waals surface area contributed by atoms with Crippen LogP contribution in [0.3, 0.4) is 0 Å². The van der Waals surface area contributed by atoms with Crippen LogP contribution in [-0.4, -0.2) is 30.3 Å². The van der Waals surface area contributed by atoms with Crippen molar-refractivity contribution in [3.8, 4) is 0 Å². The van der Waals surface area contributed by atoms with Crippen LogP contribution in [0.1, 0.15) is 11.5 Å². The van der Waals surface area contributed by atoms with Crippen molar-refractivity contribution < 1.29 is 17.9 Å². The van der Waals surface area contributed by atoms with E-state index in [1.807, 2.05) is 0 Å². The minimum absolute atomic E-state index is 0.155. The molecule has 0 spiro atoms. The Morgan fingerprint density at radius 3 is 2.56 bits per heavy atom. The highest BCUT2D eigenvalue weighted by atomic mass is 19.4. The van der Waals surface area contributed by atoms with Gasteiger partial charge in [-0.1, -0.05) is 0 Å². The maximum atomic E-state index is 12.2. The Labute approximate surface area is 90.9 Å². The lowest BCUT2D eigenvalue weighted by molar-refractivity contribution is -0.128. The molecule has 0 saturated carbocycles. The van der Waals surface area contributed by atoms with E-state index < -0.39 is 12.6 Å². The number of alkyl halides is 3. The lowest BCUT2D eigenvalue weighted by Crippen LogP contribution is -2.15. The Kier molecular flexibility index (Phi) is 4.05. The van der Waals surface area contributed by atoms with E-state index in [4.69, 9.17) is 4.74 Å². The van der Waals surface area contributed by atoms with E-state index in [0.29, 0.717) is 11.5 Å². The van der Waals surface area contributed by atoms with Crippen LogP contribution >= 0.6 is 0 Å². The van der Waals surface area contributed by atoms with Gasteiger partial charge in [0.15, 0.2) is 0 Å². The fourth-order valence-electron chi connectivity index (χ4n) is 1.16. The molecule has 0 fully saturated rings. The van der Waals surface area contributed by atoms with Crippen molar-refractivity contribution in [2.75, 3.05) is 19.5 Å². The Hall–Kier alpha value is -1.37. The average Bonchev–Trinajstić information content (AvgIpc) is 2.15. The highest BCUT2D eigenvalue weighted by molar-refractivity contribution is 5.35. The van der Waals surface area contributed by atoms with Crippen LogP contribution in [0.25, 0.3) is 0 Å². The summed E-state index contributed by atoms with van der Waals surface area (Å²) in [7, 11) is 3.03. The zero-order valence-corrected chi connectivity index (χ0v) is 8.93. The summed E-state index contributed by atoms with van der Waals surface area (Å²) in [6.07, 6.45) is -5.45. The number of rotatable bonds is 4. The predicted molar refractivity (Wildman–Crippen MR) is 52.1 cm³/mol. The molecule has 0 aliphatic heterocycles. The molecule has 0 aromatic carbocycles. The van der Waals surface area contributed by atoms with E-state index in [9.17, 15) is 13.2 Å². The van der Waals surface area contributed by atoms with E-state index in [1.165, 1.54) is 7.11 Å². The molecule has 0 aliphatic carbocycles. The smallest absolute Gasteiger partial charge is 0.378 e. The van der Waals surface area contributed by atoms with Gasteiger partial charge in [0.05, 0.1) is 12.3 Å². The molecule has 0 atom stereocenters. The van der Waals surface area contributed by atoms with Gasteiger partial charge in [0, 0.05) is 20.2 Å². The molecule has 0 aliphatic rings. The number of methoxy groups -OCH3 is 1. The Balaban J connectivity index is 2.95. The van der Waals surface area contributed by atoms with E-state index in [0.717, 1.165) is 0 Å². The SMILES string of the molecule is CNc1cc(COC)nc(CC(F)(F)F)n1. The molecular formula is C9H12F3N3O. The molecule has 0 bridgehead atoms. The molecule has 7 heteroatoms. The fourth-order valence-corrected chi connectivity index (χ4v) is 1.16. The zero-order valence-electron chi connectivity index (χ0n) is 8.93. The van der Waals surface area contributed by atoms with E-state index in [-0.39, 0.29) is 12.4 Å². The summed E-state index contributed by atoms with van der Waals surface area (Å²) in [6, 6.07) is 1.55. The topological polar surface area (TPSA) is 47.0 Å². The second-order valence-electron chi connectivity index (χ2n) is 3.14. The lowest BCUT2D eigenvalue weighted by atomic mass is 10.3. The lowest BCUT2D eigenvalue weighted by Gasteiger charge is -2.09. The van der Waals surface area contributed by atoms with Gasteiger partial charge in [0.25, 0.3) is 0 Å². The first-order valence-electron chi connectivity index (χ1n) is 4.55. The molecule has 1 aromatic rings. The van der Waals surface area contributed by atoms with Crippen molar-refractivity contribution in [1.82, 2.24) is 9.97 Å². The van der Waals surface area contributed by atoms with Gasteiger partial charge < -0.3 is 10.1 Å². The summed E-state index contributed by atoms with van der Waals surface area (Å²) in [4.78, 5) is 7.48. The Morgan fingerprint density at radius 1 is 1.38 bits per heavy atom. The van der Waals surface area contributed by atoms with Crippen LogP contribution in [-0.2, 0) is 17.8 Å². The van der Waals surface area contributed by atoms with Gasteiger partial charge in [-0.25, -0.2) is 9.97 Å². The molecule has 4 nitrogen and oxygen atoms in total. The number of nitrogens with zero attached hydrogens (tertiary/aromatic N) is 2. The molecule has 0 amide bonds. The first kappa shape index (κ1) is 12.7. The van der Waals surface area contributed by atoms with Crippen LogP contribution in [0.4, 0.5) is 19.0 Å². The summed E-state index contributed by atoms with van der Waals surface area (Å²) in [6.45, 7) is 0.155. The summed E-state index contributed by atoms with van der Waals surface area (Å²) in [5.74, 6) is 0.0905. The van der Waals surface area contributed by atoms with Crippen LogP contribution in [0.5, 0.6) is 0 Å². The molecule has 16 heavy (non-hydrogen) atoms. The Morgan fingerprint density at radius 2 is 2.06 bits per heavy atom. The van der Waals surface area contributed by atoms with Gasteiger partial charge in [-0.3, -0.25) is 0 Å². The molecule has 0 unspecified atom stereocenters. The van der Waals surface area contributed by atoms with Crippen LogP contribution in [0.15, 0.2) is 6.07 Å². The first-order chi connectivity index (χ1) is 7.44. The van der Waals surface area contributed by atoms with E-state index >= 15 is 0 Å². The second-order valence-corrected chi connectivity index (χ2v) is 3.14. The molecule has 1 heterocycles. The number of nitrogens with one attached hydrogen (secondary N) is 1. The maximum absolute atomic E-state index is 12.2. The standard InChI is InChI=1S/C9H12F3N3O/c1-13-7-3-6(5-16-2)14-8(15-7)4-9(10,11)12/h3H,4-5H2,1-2H3,(H,13,14,15). The number of hydrogen-bond acceptors (Lipinski definition) is 4. The number of hydrogen-bond donors (Lipinski definition) is 1. The molecule has 1 aromatic heterocycles. The Bertz CT molecular complexity index is 354. The van der Waals surface area contributed by atoms with Crippen molar-refractivity contribution in [3.63, 3.8) is 0 Å². The number of aromatic nitrogens is 2. The molecule has 1 rings (SSSR count). The highest BCUT2D eigenvalue weighted by Gasteiger charge is 2.29. The summed E-state index contributed by atoms with van der Waals surface area (Å²) < 4.78 is 41.3. The van der Waals surface area contributed by atoms with Crippen molar-refractivity contribution in [2.45, 2.75) is 19.2 Å². The number of halogens is 3. The van der Waals surface area contributed by atoms with Gasteiger partial charge in [-0.15, -0.1) is 0 Å². The van der Waals surface area contributed by atoms with E-state index in [1.54, 1.807) is 13.1 Å². The van der Waals surface area contributed by atoms with Gasteiger partial charge in [-0.2, -0.15) is 13.2 Å². The zero-order chi connectivity index (χ0) is 12.2. The van der Waals surface area contributed by atoms with Crippen molar-refractivity contribution >= 4 is 5.82 Å². The molecule has 0 saturated heterocycles. The van der Waals surface area contributed by atoms with Gasteiger partial charge in [-0.05, 0) is 0 Å². The monoisotopic (exact) mass is 235 g/mol. The van der Waals surface area contributed by atoms with Crippen molar-refractivity contribution in [1.29, 1.82) is 0 Å². The van der Waals surface area contributed by atoms with Crippen LogP contribution in [0, 0.1) is 0 Å². The quantitative estimate of drug-likeness (QED) is 0.864. The van der Waals surface area contributed by atoms with Gasteiger partial charge >= 0.3 is 6.18 Å². The summed E-state index contributed by atoms with van der Waals surface area (Å²) in [5, 5.41) is 2.68. The average molecular weight is 235 g/mol. The maximum Gasteiger partial charge on any atom is 0.396 e. The normalized spacial score (nSPS) is 11.6. The van der Waals surface area contributed by atoms with Crippen LogP contribution < -0.4 is 5.32 Å². The third-order valence-electron chi connectivity index (χ3n) is 1.73. The molecule has 1 N–H and O–H groups in total. The third-order valence-corrected chi connectivity index (χ3v) is 1.73. The van der Waals surface area contributed by atoms with Gasteiger partial charge in [0.2, 0.25) is 0 Å². The predicted octanol–water partition coefficient (Wildman–Crippen LogP) is 1.77. The van der Waals surface area contributed by atoms with E-state index in [2.05, 4.69) is 15.3 Å². The second kappa shape index (κ2) is 5.11. The first-order valence-corrected chi connectivity index (χ1v) is 4.55. The third kappa shape index (κ3) is 4.01. The van der Waals surface area contributed by atoms with Gasteiger partial charge in [0.1, 0.15) is 18.1 Å². The summed E-state index contributed by atoms with van der Waals surface area (Å²) in [5.41, 5.74) is 0.418. The number of ether oxygens (including phenoxy) is 1. The molecule has 90 valence electrons. The minimum Gasteiger partial charge on any atom is -0.378 e. The molecule has 0 radical (unpaired) electrons. The van der Waals surface area contributed by atoms with Crippen molar-refractivity contribution in [2.24, 2.45) is 0 Å².